The Morgan fingerprint density at radius 1 is 1.31 bits per heavy atom. The second kappa shape index (κ2) is 7.80. The van der Waals surface area contributed by atoms with Crippen LogP contribution in [0.4, 0.5) is 4.39 Å². The molecule has 2 atom stereocenters. The standard InChI is InChI=1S/C19H22FN3O2S/c20-14-7-5-13(6-8-14)15-11-21-19(22-15)26-12-18(24)23-9-10-25-17-4-2-1-3-16(17)23/h5-8,11,16-17H,1-4,9-10,12H2,(H,21,22)/t16-,17-/m0/s1. The number of aromatic amines is 1. The van der Waals surface area contributed by atoms with Crippen LogP contribution in [0.15, 0.2) is 35.6 Å². The first-order valence-corrected chi connectivity index (χ1v) is 10.0. The molecule has 1 aromatic carbocycles. The Balaban J connectivity index is 1.36. The number of rotatable bonds is 4. The van der Waals surface area contributed by atoms with Gasteiger partial charge in [0.05, 0.1) is 36.4 Å². The highest BCUT2D eigenvalue weighted by molar-refractivity contribution is 7.99. The van der Waals surface area contributed by atoms with E-state index in [1.165, 1.54) is 36.7 Å². The van der Waals surface area contributed by atoms with Gasteiger partial charge in [-0.15, -0.1) is 0 Å². The van der Waals surface area contributed by atoms with Crippen molar-refractivity contribution >= 4 is 17.7 Å². The summed E-state index contributed by atoms with van der Waals surface area (Å²) < 4.78 is 18.9. The fourth-order valence-electron chi connectivity index (χ4n) is 3.77. The molecular formula is C19H22FN3O2S. The number of halogens is 1. The monoisotopic (exact) mass is 375 g/mol. The maximum absolute atomic E-state index is 13.0. The minimum atomic E-state index is -0.264. The summed E-state index contributed by atoms with van der Waals surface area (Å²) >= 11 is 1.41. The molecule has 1 aliphatic heterocycles. The highest BCUT2D eigenvalue weighted by Crippen LogP contribution is 2.29. The molecule has 0 spiro atoms. The van der Waals surface area contributed by atoms with Gasteiger partial charge in [0.2, 0.25) is 5.91 Å². The molecule has 0 bridgehead atoms. The molecule has 26 heavy (non-hydrogen) atoms. The van der Waals surface area contributed by atoms with Crippen LogP contribution in [0, 0.1) is 5.82 Å². The number of H-pyrrole nitrogens is 1. The molecule has 7 heteroatoms. The number of aromatic nitrogens is 2. The molecule has 2 fully saturated rings. The third-order valence-corrected chi connectivity index (χ3v) is 5.96. The van der Waals surface area contributed by atoms with E-state index in [2.05, 4.69) is 9.97 Å². The molecule has 1 aliphatic carbocycles. The lowest BCUT2D eigenvalue weighted by atomic mass is 9.90. The van der Waals surface area contributed by atoms with Crippen LogP contribution in [0.25, 0.3) is 11.3 Å². The van der Waals surface area contributed by atoms with Crippen LogP contribution < -0.4 is 0 Å². The zero-order valence-corrected chi connectivity index (χ0v) is 15.3. The molecule has 0 unspecified atom stereocenters. The van der Waals surface area contributed by atoms with Crippen LogP contribution in [0.5, 0.6) is 0 Å². The van der Waals surface area contributed by atoms with Crippen molar-refractivity contribution in [2.24, 2.45) is 0 Å². The van der Waals surface area contributed by atoms with Gasteiger partial charge in [0.1, 0.15) is 5.82 Å². The van der Waals surface area contributed by atoms with Gasteiger partial charge in [-0.25, -0.2) is 9.37 Å². The van der Waals surface area contributed by atoms with Crippen molar-refractivity contribution in [3.05, 3.63) is 36.3 Å². The van der Waals surface area contributed by atoms with Crippen LogP contribution >= 0.6 is 11.8 Å². The van der Waals surface area contributed by atoms with Crippen LogP contribution in [0.3, 0.4) is 0 Å². The number of amides is 1. The third kappa shape index (κ3) is 3.78. The van der Waals surface area contributed by atoms with Gasteiger partial charge >= 0.3 is 0 Å². The maximum atomic E-state index is 13.0. The van der Waals surface area contributed by atoms with E-state index < -0.39 is 0 Å². The second-order valence-electron chi connectivity index (χ2n) is 6.75. The molecular weight excluding hydrogens is 353 g/mol. The predicted octanol–water partition coefficient (Wildman–Crippen LogP) is 3.48. The number of imidazole rings is 1. The SMILES string of the molecule is O=C(CSc1ncc(-c2ccc(F)cc2)[nH]1)N1CCO[C@H]2CCCC[C@@H]21. The summed E-state index contributed by atoms with van der Waals surface area (Å²) in [6.45, 7) is 1.31. The fraction of sp³-hybridized carbons (Fsp3) is 0.474. The summed E-state index contributed by atoms with van der Waals surface area (Å²) in [7, 11) is 0. The molecule has 2 aromatic rings. The molecule has 1 saturated carbocycles. The van der Waals surface area contributed by atoms with Crippen LogP contribution in [-0.2, 0) is 9.53 Å². The van der Waals surface area contributed by atoms with Gasteiger partial charge in [-0.1, -0.05) is 24.6 Å². The minimum Gasteiger partial charge on any atom is -0.374 e. The Kier molecular flexibility index (Phi) is 5.26. The molecule has 2 aliphatic rings. The average Bonchev–Trinajstić information content (AvgIpc) is 3.15. The van der Waals surface area contributed by atoms with Gasteiger partial charge in [0.15, 0.2) is 5.16 Å². The van der Waals surface area contributed by atoms with E-state index in [1.807, 2.05) is 4.90 Å². The third-order valence-electron chi connectivity index (χ3n) is 5.09. The zero-order chi connectivity index (χ0) is 17.9. The normalized spacial score (nSPS) is 22.9. The van der Waals surface area contributed by atoms with E-state index in [9.17, 15) is 9.18 Å². The first kappa shape index (κ1) is 17.5. The number of thioether (sulfide) groups is 1. The molecule has 4 rings (SSSR count). The van der Waals surface area contributed by atoms with Crippen LogP contribution in [-0.4, -0.2) is 51.8 Å². The Hall–Kier alpha value is -1.86. The minimum absolute atomic E-state index is 0.148. The number of carbonyl (C=O) groups is 1. The van der Waals surface area contributed by atoms with Crippen molar-refractivity contribution in [1.82, 2.24) is 14.9 Å². The molecule has 138 valence electrons. The summed E-state index contributed by atoms with van der Waals surface area (Å²) in [5.74, 6) is 0.245. The molecule has 1 amide bonds. The Labute approximate surface area is 156 Å². The number of ether oxygens (including phenoxy) is 1. The topological polar surface area (TPSA) is 58.2 Å². The highest BCUT2D eigenvalue weighted by Gasteiger charge is 2.36. The number of benzene rings is 1. The van der Waals surface area contributed by atoms with Gasteiger partial charge in [0.25, 0.3) is 0 Å². The summed E-state index contributed by atoms with van der Waals surface area (Å²) in [5, 5.41) is 0.700. The quantitative estimate of drug-likeness (QED) is 0.832. The van der Waals surface area contributed by atoms with Crippen LogP contribution in [0.1, 0.15) is 25.7 Å². The number of morpholine rings is 1. The number of hydrogen-bond acceptors (Lipinski definition) is 4. The number of fused-ring (bicyclic) bond motifs is 1. The van der Waals surface area contributed by atoms with Crippen molar-refractivity contribution in [2.45, 2.75) is 43.0 Å². The highest BCUT2D eigenvalue weighted by atomic mass is 32.2. The molecule has 5 nitrogen and oxygen atoms in total. The molecule has 2 heterocycles. The van der Waals surface area contributed by atoms with Gasteiger partial charge in [-0.05, 0) is 42.7 Å². The summed E-state index contributed by atoms with van der Waals surface area (Å²) in [6.07, 6.45) is 6.38. The van der Waals surface area contributed by atoms with Crippen molar-refractivity contribution < 1.29 is 13.9 Å². The summed E-state index contributed by atoms with van der Waals surface area (Å²) in [4.78, 5) is 22.2. The number of hydrogen-bond donors (Lipinski definition) is 1. The smallest absolute Gasteiger partial charge is 0.233 e. The van der Waals surface area contributed by atoms with E-state index in [0.717, 1.165) is 24.1 Å². The first-order valence-electron chi connectivity index (χ1n) is 9.05. The summed E-state index contributed by atoms with van der Waals surface area (Å²) in [5.41, 5.74) is 1.69. The van der Waals surface area contributed by atoms with Crippen molar-refractivity contribution in [1.29, 1.82) is 0 Å². The van der Waals surface area contributed by atoms with E-state index in [-0.39, 0.29) is 23.9 Å². The molecule has 1 aromatic heterocycles. The summed E-state index contributed by atoms with van der Waals surface area (Å²) in [6, 6.07) is 6.49. The van der Waals surface area contributed by atoms with Crippen molar-refractivity contribution in [3.8, 4) is 11.3 Å². The Morgan fingerprint density at radius 3 is 2.96 bits per heavy atom. The molecule has 1 N–H and O–H groups in total. The van der Waals surface area contributed by atoms with E-state index >= 15 is 0 Å². The number of carbonyl (C=O) groups excluding carboxylic acids is 1. The lowest BCUT2D eigenvalue weighted by Gasteiger charge is -2.43. The zero-order valence-electron chi connectivity index (χ0n) is 14.5. The Bertz CT molecular complexity index is 762. The van der Waals surface area contributed by atoms with Crippen molar-refractivity contribution in [3.63, 3.8) is 0 Å². The van der Waals surface area contributed by atoms with Gasteiger partial charge < -0.3 is 14.6 Å². The van der Waals surface area contributed by atoms with Crippen LogP contribution in [0.2, 0.25) is 0 Å². The van der Waals surface area contributed by atoms with E-state index in [4.69, 9.17) is 4.74 Å². The second-order valence-corrected chi connectivity index (χ2v) is 7.71. The largest absolute Gasteiger partial charge is 0.374 e. The van der Waals surface area contributed by atoms with Gasteiger partial charge in [-0.2, -0.15) is 0 Å². The van der Waals surface area contributed by atoms with E-state index in [1.54, 1.807) is 18.3 Å². The van der Waals surface area contributed by atoms with Gasteiger partial charge in [-0.3, -0.25) is 4.79 Å². The Morgan fingerprint density at radius 2 is 2.12 bits per heavy atom. The fourth-order valence-corrected chi connectivity index (χ4v) is 4.51. The number of nitrogens with zero attached hydrogens (tertiary/aromatic N) is 2. The lowest BCUT2D eigenvalue weighted by molar-refractivity contribution is -0.146. The van der Waals surface area contributed by atoms with E-state index in [0.29, 0.717) is 24.1 Å². The first-order chi connectivity index (χ1) is 12.7. The molecule has 1 saturated heterocycles. The predicted molar refractivity (Wildman–Crippen MR) is 98.4 cm³/mol. The number of nitrogens with one attached hydrogen (secondary N) is 1. The average molecular weight is 375 g/mol. The van der Waals surface area contributed by atoms with Crippen molar-refractivity contribution in [2.75, 3.05) is 18.9 Å². The molecule has 0 radical (unpaired) electrons. The lowest BCUT2D eigenvalue weighted by Crippen LogP contribution is -2.55. The maximum Gasteiger partial charge on any atom is 0.233 e. The van der Waals surface area contributed by atoms with Gasteiger partial charge in [0, 0.05) is 6.54 Å².